The molecule has 0 spiro atoms. The molecule has 0 bridgehead atoms. The molecular formula is C6H4F9. The van der Waals surface area contributed by atoms with Gasteiger partial charge in [-0.2, -0.15) is 30.7 Å². The van der Waals surface area contributed by atoms with Crippen LogP contribution in [0.1, 0.15) is 6.42 Å². The maximum atomic E-state index is 12.2. The van der Waals surface area contributed by atoms with Crippen molar-refractivity contribution in [3.8, 4) is 0 Å². The second-order valence-corrected chi connectivity index (χ2v) is 2.60. The van der Waals surface area contributed by atoms with E-state index in [1.807, 2.05) is 0 Å². The van der Waals surface area contributed by atoms with Gasteiger partial charge in [0.05, 0.1) is 0 Å². The highest BCUT2D eigenvalue weighted by Crippen LogP contribution is 2.38. The molecule has 0 aromatic carbocycles. The van der Waals surface area contributed by atoms with Crippen LogP contribution in [0.15, 0.2) is 0 Å². The van der Waals surface area contributed by atoms with Gasteiger partial charge in [0.2, 0.25) is 0 Å². The first-order valence-corrected chi connectivity index (χ1v) is 3.40. The summed E-state index contributed by atoms with van der Waals surface area (Å²) in [5.74, 6) is -5.37. The van der Waals surface area contributed by atoms with Gasteiger partial charge in [0, 0.05) is 6.42 Å². The smallest absolute Gasteiger partial charge is 0.240 e. The first kappa shape index (κ1) is 14.4. The lowest BCUT2D eigenvalue weighted by atomic mass is 10.1. The molecule has 15 heavy (non-hydrogen) atoms. The van der Waals surface area contributed by atoms with Gasteiger partial charge in [-0.1, -0.05) is 0 Å². The second-order valence-electron chi connectivity index (χ2n) is 2.60. The molecule has 1 radical (unpaired) electrons. The molecule has 91 valence electrons. The van der Waals surface area contributed by atoms with Crippen LogP contribution in [0.3, 0.4) is 0 Å². The van der Waals surface area contributed by atoms with E-state index in [4.69, 9.17) is 0 Å². The Hall–Kier alpha value is -0.630. The number of halogens is 9. The summed E-state index contributed by atoms with van der Waals surface area (Å²) in [5, 5.41) is 0. The van der Waals surface area contributed by atoms with Gasteiger partial charge in [-0.15, -0.1) is 0 Å². The largest absolute Gasteiger partial charge is 0.419 e. The van der Waals surface area contributed by atoms with E-state index in [-0.39, 0.29) is 0 Å². The van der Waals surface area contributed by atoms with Crippen LogP contribution in [-0.2, 0) is 0 Å². The molecule has 0 rings (SSSR count). The highest BCUT2D eigenvalue weighted by Gasteiger charge is 2.54. The molecule has 0 heterocycles. The minimum atomic E-state index is -5.55. The van der Waals surface area contributed by atoms with Gasteiger partial charge in [0.25, 0.3) is 0 Å². The van der Waals surface area contributed by atoms with E-state index >= 15 is 0 Å². The summed E-state index contributed by atoms with van der Waals surface area (Å²) in [6.07, 6.45) is -19.4. The van der Waals surface area contributed by atoms with E-state index in [2.05, 4.69) is 0 Å². The third-order valence-electron chi connectivity index (χ3n) is 1.41. The molecule has 0 aliphatic heterocycles. The third-order valence-corrected chi connectivity index (χ3v) is 1.41. The summed E-state index contributed by atoms with van der Waals surface area (Å²) in [5.41, 5.74) is 0. The molecular weight excluding hydrogens is 243 g/mol. The lowest BCUT2D eigenvalue weighted by Gasteiger charge is -2.20. The highest BCUT2D eigenvalue weighted by atomic mass is 19.4. The lowest BCUT2D eigenvalue weighted by molar-refractivity contribution is -0.197. The molecule has 0 N–H and O–H groups in total. The number of rotatable bonds is 4. The van der Waals surface area contributed by atoms with E-state index in [0.29, 0.717) is 0 Å². The minimum absolute atomic E-state index is 2.37. The van der Waals surface area contributed by atoms with Gasteiger partial charge in [-0.05, 0) is 0 Å². The van der Waals surface area contributed by atoms with Crippen LogP contribution in [0.2, 0.25) is 0 Å². The van der Waals surface area contributed by atoms with Crippen LogP contribution in [-0.4, -0.2) is 24.4 Å². The zero-order valence-corrected chi connectivity index (χ0v) is 6.76. The summed E-state index contributed by atoms with van der Waals surface area (Å²) < 4.78 is 105. The summed E-state index contributed by atoms with van der Waals surface area (Å²) in [4.78, 5) is 0. The standard InChI is InChI=1S/C6H4F9/c7-2(5(11,12)4(9)10)1-3(8)6(13,14)15/h2-3H,1H2. The molecule has 0 aromatic rings. The molecule has 0 aliphatic carbocycles. The molecule has 0 amide bonds. The Balaban J connectivity index is 4.44. The molecule has 0 aliphatic rings. The summed E-state index contributed by atoms with van der Waals surface area (Å²) in [6.45, 7) is 0. The summed E-state index contributed by atoms with van der Waals surface area (Å²) in [7, 11) is 0. The van der Waals surface area contributed by atoms with Crippen molar-refractivity contribution < 1.29 is 39.5 Å². The molecule has 0 fully saturated rings. The van der Waals surface area contributed by atoms with Gasteiger partial charge in [0.15, 0.2) is 12.3 Å². The monoisotopic (exact) mass is 247 g/mol. The van der Waals surface area contributed by atoms with Crippen LogP contribution in [0.25, 0.3) is 0 Å². The Bertz CT molecular complexity index is 195. The van der Waals surface area contributed by atoms with E-state index in [1.165, 1.54) is 0 Å². The maximum absolute atomic E-state index is 12.2. The Morgan fingerprint density at radius 1 is 0.867 bits per heavy atom. The third kappa shape index (κ3) is 3.78. The van der Waals surface area contributed by atoms with E-state index in [1.54, 1.807) is 0 Å². The quantitative estimate of drug-likeness (QED) is 0.665. The molecule has 0 aromatic heterocycles. The molecule has 0 saturated carbocycles. The molecule has 9 heteroatoms. The summed E-state index contributed by atoms with van der Waals surface area (Å²) >= 11 is 0. The number of alkyl halides is 7. The van der Waals surface area contributed by atoms with Crippen LogP contribution >= 0.6 is 0 Å². The zero-order valence-electron chi connectivity index (χ0n) is 6.76. The van der Waals surface area contributed by atoms with Gasteiger partial charge >= 0.3 is 18.5 Å². The molecule has 0 saturated heterocycles. The average molecular weight is 247 g/mol. The van der Waals surface area contributed by atoms with Crippen LogP contribution in [0.5, 0.6) is 0 Å². The van der Waals surface area contributed by atoms with Crippen LogP contribution in [0, 0.1) is 6.43 Å². The maximum Gasteiger partial charge on any atom is 0.419 e. The Kier molecular flexibility index (Phi) is 4.29. The van der Waals surface area contributed by atoms with Crippen molar-refractivity contribution in [1.82, 2.24) is 0 Å². The Labute approximate surface area is 78.1 Å². The van der Waals surface area contributed by atoms with Crippen molar-refractivity contribution in [2.24, 2.45) is 0 Å². The predicted octanol–water partition coefficient (Wildman–Crippen LogP) is 3.68. The van der Waals surface area contributed by atoms with Crippen LogP contribution in [0.4, 0.5) is 39.5 Å². The first-order valence-electron chi connectivity index (χ1n) is 3.40. The number of hydrogen-bond acceptors (Lipinski definition) is 0. The minimum Gasteiger partial charge on any atom is -0.240 e. The predicted molar refractivity (Wildman–Crippen MR) is 30.9 cm³/mol. The molecule has 0 nitrogen and oxygen atoms in total. The second kappa shape index (κ2) is 4.48. The summed E-state index contributed by atoms with van der Waals surface area (Å²) in [6, 6.07) is 0. The van der Waals surface area contributed by atoms with Gasteiger partial charge in [0.1, 0.15) is 0 Å². The van der Waals surface area contributed by atoms with Crippen molar-refractivity contribution in [3.05, 3.63) is 6.43 Å². The normalized spacial score (nSPS) is 18.0. The topological polar surface area (TPSA) is 0 Å². The Morgan fingerprint density at radius 3 is 1.53 bits per heavy atom. The SMILES string of the molecule is F[C](F)C(F)(F)C(F)CC(F)C(F)(F)F. The van der Waals surface area contributed by atoms with Gasteiger partial charge in [-0.3, -0.25) is 0 Å². The van der Waals surface area contributed by atoms with E-state index in [9.17, 15) is 39.5 Å². The fraction of sp³-hybridized carbons (Fsp3) is 0.833. The average Bonchev–Trinajstić information content (AvgIpc) is 2.01. The number of hydrogen-bond donors (Lipinski definition) is 0. The molecule has 2 atom stereocenters. The van der Waals surface area contributed by atoms with Crippen molar-refractivity contribution in [2.45, 2.75) is 30.9 Å². The molecule has 2 unspecified atom stereocenters. The van der Waals surface area contributed by atoms with Gasteiger partial charge in [-0.25, -0.2) is 8.78 Å². The fourth-order valence-corrected chi connectivity index (χ4v) is 0.582. The first-order chi connectivity index (χ1) is 6.49. The lowest BCUT2D eigenvalue weighted by Crippen LogP contribution is -2.38. The van der Waals surface area contributed by atoms with Crippen molar-refractivity contribution >= 4 is 0 Å². The van der Waals surface area contributed by atoms with Crippen molar-refractivity contribution in [2.75, 3.05) is 0 Å². The zero-order chi connectivity index (χ0) is 12.4. The fourth-order valence-electron chi connectivity index (χ4n) is 0.582. The van der Waals surface area contributed by atoms with E-state index < -0.39 is 37.3 Å². The van der Waals surface area contributed by atoms with Crippen LogP contribution < -0.4 is 0 Å². The van der Waals surface area contributed by atoms with Crippen molar-refractivity contribution in [3.63, 3.8) is 0 Å². The van der Waals surface area contributed by atoms with Gasteiger partial charge < -0.3 is 0 Å². The van der Waals surface area contributed by atoms with Crippen molar-refractivity contribution in [1.29, 1.82) is 0 Å². The van der Waals surface area contributed by atoms with E-state index in [0.717, 1.165) is 0 Å². The highest BCUT2D eigenvalue weighted by molar-refractivity contribution is 4.92. The Morgan fingerprint density at radius 2 is 1.27 bits per heavy atom.